The summed E-state index contributed by atoms with van der Waals surface area (Å²) in [5.74, 6) is 2.37. The maximum Gasteiger partial charge on any atom is 0.254 e. The third-order valence-corrected chi connectivity index (χ3v) is 3.95. The zero-order chi connectivity index (χ0) is 17.1. The summed E-state index contributed by atoms with van der Waals surface area (Å²) in [6.45, 7) is 6.40. The van der Waals surface area contributed by atoms with Crippen molar-refractivity contribution in [3.8, 4) is 23.0 Å². The molecule has 0 spiro atoms. The highest BCUT2D eigenvalue weighted by molar-refractivity contribution is 5.62. The van der Waals surface area contributed by atoms with Gasteiger partial charge in [-0.1, -0.05) is 18.2 Å². The molecule has 0 aliphatic carbocycles. The first-order valence-electron chi connectivity index (χ1n) is 7.75. The molecule has 0 N–H and O–H groups in total. The van der Waals surface area contributed by atoms with Gasteiger partial charge in [0.1, 0.15) is 11.5 Å². The molecule has 0 aliphatic rings. The maximum absolute atomic E-state index is 5.84. The number of ether oxygens (including phenoxy) is 2. The summed E-state index contributed by atoms with van der Waals surface area (Å²) in [4.78, 5) is 0. The van der Waals surface area contributed by atoms with E-state index in [0.29, 0.717) is 17.5 Å². The van der Waals surface area contributed by atoms with Crippen molar-refractivity contribution in [1.82, 2.24) is 10.2 Å². The molecule has 3 aromatic rings. The molecule has 0 saturated heterocycles. The van der Waals surface area contributed by atoms with E-state index < -0.39 is 0 Å². The van der Waals surface area contributed by atoms with Crippen molar-refractivity contribution >= 4 is 0 Å². The first-order valence-corrected chi connectivity index (χ1v) is 7.75. The van der Waals surface area contributed by atoms with E-state index in [1.165, 1.54) is 11.1 Å². The molecule has 0 atom stereocenters. The van der Waals surface area contributed by atoms with Crippen LogP contribution in [-0.2, 0) is 6.61 Å². The van der Waals surface area contributed by atoms with Gasteiger partial charge in [-0.25, -0.2) is 0 Å². The number of hydrogen-bond donors (Lipinski definition) is 0. The van der Waals surface area contributed by atoms with Crippen LogP contribution < -0.4 is 9.47 Å². The van der Waals surface area contributed by atoms with E-state index in [1.54, 1.807) is 7.11 Å². The summed E-state index contributed by atoms with van der Waals surface area (Å²) >= 11 is 0. The number of para-hydroxylation sites is 1. The summed E-state index contributed by atoms with van der Waals surface area (Å²) in [5.41, 5.74) is 4.29. The lowest BCUT2D eigenvalue weighted by molar-refractivity contribution is 0.262. The van der Waals surface area contributed by atoms with Gasteiger partial charge in [-0.05, 0) is 55.7 Å². The van der Waals surface area contributed by atoms with Gasteiger partial charge in [0.2, 0.25) is 0 Å². The van der Waals surface area contributed by atoms with E-state index in [9.17, 15) is 0 Å². The first kappa shape index (κ1) is 16.1. The molecule has 3 rings (SSSR count). The Bertz CT molecular complexity index is 856. The average Bonchev–Trinajstić information content (AvgIpc) is 3.05. The quantitative estimate of drug-likeness (QED) is 0.702. The van der Waals surface area contributed by atoms with Gasteiger partial charge in [0, 0.05) is 0 Å². The Balaban J connectivity index is 1.76. The summed E-state index contributed by atoms with van der Waals surface area (Å²) in [6, 6.07) is 11.7. The SMILES string of the molecule is COc1ccccc1-c1nnc(COc2cc(C)c(C)cc2C)o1. The molecular formula is C19H20N2O3. The monoisotopic (exact) mass is 324 g/mol. The number of aryl methyl sites for hydroxylation is 3. The standard InChI is InChI=1S/C19H20N2O3/c1-12-9-14(3)17(10-13(12)2)23-11-18-20-21-19(24-18)15-7-5-6-8-16(15)22-4/h5-10H,11H2,1-4H3. The van der Waals surface area contributed by atoms with Gasteiger partial charge in [0.25, 0.3) is 11.8 Å². The lowest BCUT2D eigenvalue weighted by atomic mass is 10.1. The molecule has 2 aromatic carbocycles. The Kier molecular flexibility index (Phi) is 4.51. The van der Waals surface area contributed by atoms with E-state index in [0.717, 1.165) is 16.9 Å². The van der Waals surface area contributed by atoms with Crippen molar-refractivity contribution in [1.29, 1.82) is 0 Å². The highest BCUT2D eigenvalue weighted by atomic mass is 16.5. The van der Waals surface area contributed by atoms with Crippen LogP contribution in [0, 0.1) is 20.8 Å². The number of rotatable bonds is 5. The lowest BCUT2D eigenvalue weighted by Crippen LogP contribution is -1.98. The number of hydrogen-bond acceptors (Lipinski definition) is 5. The number of aromatic nitrogens is 2. The predicted molar refractivity (Wildman–Crippen MR) is 91.3 cm³/mol. The Hall–Kier alpha value is -2.82. The van der Waals surface area contributed by atoms with Crippen molar-refractivity contribution in [3.05, 3.63) is 59.0 Å². The van der Waals surface area contributed by atoms with Crippen LogP contribution in [0.2, 0.25) is 0 Å². The van der Waals surface area contributed by atoms with Gasteiger partial charge in [0.05, 0.1) is 12.7 Å². The maximum atomic E-state index is 5.84. The van der Waals surface area contributed by atoms with E-state index in [2.05, 4.69) is 30.1 Å². The minimum absolute atomic E-state index is 0.228. The predicted octanol–water partition coefficient (Wildman–Crippen LogP) is 4.25. The largest absolute Gasteiger partial charge is 0.496 e. The molecule has 0 fully saturated rings. The van der Waals surface area contributed by atoms with Gasteiger partial charge >= 0.3 is 0 Å². The van der Waals surface area contributed by atoms with Crippen LogP contribution in [0.1, 0.15) is 22.6 Å². The zero-order valence-corrected chi connectivity index (χ0v) is 14.3. The molecule has 1 heterocycles. The highest BCUT2D eigenvalue weighted by Gasteiger charge is 2.13. The molecule has 0 bridgehead atoms. The molecule has 0 unspecified atom stereocenters. The minimum atomic E-state index is 0.228. The molecule has 0 amide bonds. The van der Waals surface area contributed by atoms with Crippen LogP contribution in [0.25, 0.3) is 11.5 Å². The average molecular weight is 324 g/mol. The van der Waals surface area contributed by atoms with E-state index in [4.69, 9.17) is 13.9 Å². The Morgan fingerprint density at radius 1 is 0.917 bits per heavy atom. The van der Waals surface area contributed by atoms with Gasteiger partial charge in [-0.3, -0.25) is 0 Å². The normalized spacial score (nSPS) is 10.7. The van der Waals surface area contributed by atoms with E-state index in [-0.39, 0.29) is 6.61 Å². The molecule has 0 aliphatic heterocycles. The van der Waals surface area contributed by atoms with Crippen molar-refractivity contribution in [3.63, 3.8) is 0 Å². The van der Waals surface area contributed by atoms with Gasteiger partial charge in [-0.15, -0.1) is 10.2 Å². The van der Waals surface area contributed by atoms with E-state index >= 15 is 0 Å². The fourth-order valence-corrected chi connectivity index (χ4v) is 2.47. The second kappa shape index (κ2) is 6.74. The van der Waals surface area contributed by atoms with E-state index in [1.807, 2.05) is 37.3 Å². The molecule has 0 radical (unpaired) electrons. The highest BCUT2D eigenvalue weighted by Crippen LogP contribution is 2.29. The molecule has 24 heavy (non-hydrogen) atoms. The Labute approximate surface area is 141 Å². The molecule has 1 aromatic heterocycles. The van der Waals surface area contributed by atoms with Crippen molar-refractivity contribution in [2.75, 3.05) is 7.11 Å². The van der Waals surface area contributed by atoms with Gasteiger partial charge in [-0.2, -0.15) is 0 Å². The summed E-state index contributed by atoms with van der Waals surface area (Å²) < 4.78 is 16.9. The zero-order valence-electron chi connectivity index (χ0n) is 14.3. The van der Waals surface area contributed by atoms with Crippen molar-refractivity contribution in [2.45, 2.75) is 27.4 Å². The molecule has 5 nitrogen and oxygen atoms in total. The van der Waals surface area contributed by atoms with Gasteiger partial charge in [0.15, 0.2) is 6.61 Å². The topological polar surface area (TPSA) is 57.4 Å². The third-order valence-electron chi connectivity index (χ3n) is 3.95. The van der Waals surface area contributed by atoms with Gasteiger partial charge < -0.3 is 13.9 Å². The van der Waals surface area contributed by atoms with Crippen LogP contribution in [0.4, 0.5) is 0 Å². The smallest absolute Gasteiger partial charge is 0.254 e. The fourth-order valence-electron chi connectivity index (χ4n) is 2.47. The summed E-state index contributed by atoms with van der Waals surface area (Å²) in [7, 11) is 1.61. The summed E-state index contributed by atoms with van der Waals surface area (Å²) in [5, 5.41) is 8.14. The third kappa shape index (κ3) is 3.25. The Morgan fingerprint density at radius 2 is 1.67 bits per heavy atom. The van der Waals surface area contributed by atoms with Crippen LogP contribution in [0.5, 0.6) is 11.5 Å². The van der Waals surface area contributed by atoms with Crippen LogP contribution in [0.3, 0.4) is 0 Å². The van der Waals surface area contributed by atoms with Crippen molar-refractivity contribution in [2.24, 2.45) is 0 Å². The molecule has 124 valence electrons. The Morgan fingerprint density at radius 3 is 2.46 bits per heavy atom. The minimum Gasteiger partial charge on any atom is -0.496 e. The first-order chi connectivity index (χ1) is 11.6. The second-order valence-electron chi connectivity index (χ2n) is 5.69. The molecule has 0 saturated carbocycles. The fraction of sp³-hybridized carbons (Fsp3) is 0.263. The van der Waals surface area contributed by atoms with Crippen LogP contribution in [-0.4, -0.2) is 17.3 Å². The number of nitrogens with zero attached hydrogens (tertiary/aromatic N) is 2. The van der Waals surface area contributed by atoms with Crippen molar-refractivity contribution < 1.29 is 13.9 Å². The van der Waals surface area contributed by atoms with Crippen LogP contribution >= 0.6 is 0 Å². The number of methoxy groups -OCH3 is 1. The lowest BCUT2D eigenvalue weighted by Gasteiger charge is -2.10. The number of benzene rings is 2. The molecule has 5 heteroatoms. The second-order valence-corrected chi connectivity index (χ2v) is 5.69. The summed E-state index contributed by atoms with van der Waals surface area (Å²) in [6.07, 6.45) is 0. The van der Waals surface area contributed by atoms with Crippen LogP contribution in [0.15, 0.2) is 40.8 Å². The molecular weight excluding hydrogens is 304 g/mol.